The summed E-state index contributed by atoms with van der Waals surface area (Å²) in [4.78, 5) is 2.00. The zero-order valence-corrected chi connectivity index (χ0v) is 7.04. The number of aliphatic hydroxyl groups excluding tert-OH is 1. The smallest absolute Gasteiger partial charge is 0.0465 e. The molecule has 0 fully saturated rings. The largest absolute Gasteiger partial charge is 0.396 e. The van der Waals surface area contributed by atoms with Crippen LogP contribution in [0, 0.1) is 0 Å². The number of rotatable bonds is 1. The molecule has 1 N–H and O–H groups in total. The Kier molecular flexibility index (Phi) is 14.5. The maximum atomic E-state index is 7.85. The molecular weight excluding hydrogens is 121 g/mol. The van der Waals surface area contributed by atoms with Gasteiger partial charge in [-0.3, -0.25) is 0 Å². The maximum absolute atomic E-state index is 7.85. The first-order valence-electron chi connectivity index (χ1n) is 2.57. The van der Waals surface area contributed by atoms with E-state index >= 15 is 0 Å². The van der Waals surface area contributed by atoms with E-state index in [1.165, 1.54) is 0 Å². The van der Waals surface area contributed by atoms with Crippen molar-refractivity contribution in [2.24, 2.45) is 0 Å². The Morgan fingerprint density at radius 2 is 1.50 bits per heavy atom. The molecule has 1 atom stereocenters. The first-order chi connectivity index (χ1) is 3.65. The lowest BCUT2D eigenvalue weighted by Gasteiger charge is -1.90. The molecule has 0 saturated heterocycles. The molecular formula is C5H16NOP. The van der Waals surface area contributed by atoms with Gasteiger partial charge in [-0.05, 0) is 27.3 Å². The summed E-state index contributed by atoms with van der Waals surface area (Å²) in [7, 11) is 8.41. The van der Waals surface area contributed by atoms with Crippen LogP contribution in [0.2, 0.25) is 0 Å². The summed E-state index contributed by atoms with van der Waals surface area (Å²) in [5.41, 5.74) is 0. The Bertz CT molecular complexity index is 28.9. The Labute approximate surface area is 54.1 Å². The van der Waals surface area contributed by atoms with E-state index in [2.05, 4.69) is 9.24 Å². The lowest BCUT2D eigenvalue weighted by Crippen LogP contribution is -1.99. The summed E-state index contributed by atoms with van der Waals surface area (Å²) < 4.78 is 0. The fraction of sp³-hybridized carbons (Fsp3) is 1.00. The van der Waals surface area contributed by atoms with Gasteiger partial charge >= 0.3 is 0 Å². The Morgan fingerprint density at radius 3 is 1.50 bits per heavy atom. The zero-order valence-electron chi connectivity index (χ0n) is 5.89. The van der Waals surface area contributed by atoms with E-state index in [9.17, 15) is 0 Å². The second-order valence-corrected chi connectivity index (χ2v) is 2.43. The third-order valence-corrected chi connectivity index (χ3v) is 0.387. The molecule has 3 heteroatoms. The van der Waals surface area contributed by atoms with Gasteiger partial charge in [0.1, 0.15) is 0 Å². The molecule has 0 aromatic rings. The van der Waals surface area contributed by atoms with Crippen molar-refractivity contribution in [3.8, 4) is 0 Å². The van der Waals surface area contributed by atoms with E-state index < -0.39 is 0 Å². The fourth-order valence-electron chi connectivity index (χ4n) is 0. The van der Waals surface area contributed by atoms with Crippen molar-refractivity contribution in [2.45, 2.75) is 0 Å². The number of hydrogen-bond acceptors (Lipinski definition) is 2. The van der Waals surface area contributed by atoms with Crippen LogP contribution in [-0.2, 0) is 0 Å². The van der Waals surface area contributed by atoms with E-state index in [1.807, 2.05) is 26.0 Å². The molecule has 0 saturated carbocycles. The van der Waals surface area contributed by atoms with E-state index in [-0.39, 0.29) is 6.61 Å². The molecule has 0 rings (SSSR count). The van der Waals surface area contributed by atoms with Crippen LogP contribution in [0.15, 0.2) is 0 Å². The van der Waals surface area contributed by atoms with Gasteiger partial charge in [0.15, 0.2) is 0 Å². The summed E-state index contributed by atoms with van der Waals surface area (Å²) in [6.45, 7) is 0.282. The summed E-state index contributed by atoms with van der Waals surface area (Å²) >= 11 is 0. The third kappa shape index (κ3) is 99.7. The number of nitrogens with zero attached hydrogens (tertiary/aromatic N) is 1. The average molecular weight is 137 g/mol. The summed E-state index contributed by atoms with van der Waals surface area (Å²) in [5, 5.41) is 7.85. The third-order valence-electron chi connectivity index (χ3n) is 0.129. The van der Waals surface area contributed by atoms with Crippen LogP contribution in [-0.4, -0.2) is 43.9 Å². The van der Waals surface area contributed by atoms with Crippen LogP contribution in [0.4, 0.5) is 0 Å². The van der Waals surface area contributed by atoms with Gasteiger partial charge in [-0.15, -0.1) is 9.24 Å². The highest BCUT2D eigenvalue weighted by molar-refractivity contribution is 7.16. The van der Waals surface area contributed by atoms with Crippen LogP contribution in [0.3, 0.4) is 0 Å². The van der Waals surface area contributed by atoms with Crippen molar-refractivity contribution in [3.63, 3.8) is 0 Å². The topological polar surface area (TPSA) is 23.5 Å². The van der Waals surface area contributed by atoms with Crippen molar-refractivity contribution < 1.29 is 5.11 Å². The predicted molar refractivity (Wildman–Crippen MR) is 41.3 cm³/mol. The van der Waals surface area contributed by atoms with Gasteiger partial charge in [0.2, 0.25) is 0 Å². The van der Waals surface area contributed by atoms with Crippen LogP contribution >= 0.6 is 9.24 Å². The van der Waals surface area contributed by atoms with E-state index in [4.69, 9.17) is 5.11 Å². The molecule has 0 bridgehead atoms. The highest BCUT2D eigenvalue weighted by Gasteiger charge is 1.58. The van der Waals surface area contributed by atoms with Crippen molar-refractivity contribution in [3.05, 3.63) is 0 Å². The highest BCUT2D eigenvalue weighted by atomic mass is 31.0. The Balaban J connectivity index is 0. The summed E-state index contributed by atoms with van der Waals surface area (Å²) in [5.74, 6) is 0. The molecule has 1 unspecified atom stereocenters. The van der Waals surface area contributed by atoms with E-state index in [0.717, 1.165) is 6.16 Å². The number of hydrogen-bond donors (Lipinski definition) is 1. The normalized spacial score (nSPS) is 8.25. The molecule has 0 aromatic carbocycles. The lowest BCUT2D eigenvalue weighted by molar-refractivity contribution is 0.322. The van der Waals surface area contributed by atoms with Gasteiger partial charge in [-0.1, -0.05) is 0 Å². The molecule has 0 aliphatic heterocycles. The summed E-state index contributed by atoms with van der Waals surface area (Å²) in [6, 6.07) is 0. The van der Waals surface area contributed by atoms with Crippen LogP contribution in [0.1, 0.15) is 0 Å². The molecule has 52 valence electrons. The van der Waals surface area contributed by atoms with Crippen molar-refractivity contribution in [2.75, 3.05) is 33.9 Å². The Morgan fingerprint density at radius 1 is 1.38 bits per heavy atom. The molecule has 8 heavy (non-hydrogen) atoms. The minimum absolute atomic E-state index is 0.282. The second kappa shape index (κ2) is 10.4. The molecule has 0 amide bonds. The van der Waals surface area contributed by atoms with Gasteiger partial charge in [-0.25, -0.2) is 0 Å². The zero-order chi connectivity index (χ0) is 6.99. The fourth-order valence-corrected chi connectivity index (χ4v) is 0. The van der Waals surface area contributed by atoms with E-state index in [0.29, 0.717) is 0 Å². The number of aliphatic hydroxyl groups is 1. The second-order valence-electron chi connectivity index (χ2n) is 1.85. The predicted octanol–water partition coefficient (Wildman–Crippen LogP) is 0.0316. The van der Waals surface area contributed by atoms with E-state index in [1.54, 1.807) is 0 Å². The first kappa shape index (κ1) is 11.2. The monoisotopic (exact) mass is 137 g/mol. The van der Waals surface area contributed by atoms with Crippen molar-refractivity contribution in [1.29, 1.82) is 0 Å². The van der Waals surface area contributed by atoms with Crippen molar-refractivity contribution >= 4 is 9.24 Å². The van der Waals surface area contributed by atoms with Crippen LogP contribution < -0.4 is 0 Å². The van der Waals surface area contributed by atoms with Gasteiger partial charge in [0.05, 0.1) is 0 Å². The standard InChI is InChI=1S/C3H9N.C2H7OP/c1-4(2)3;3-1-2-4/h1-3H3;3H,1-2,4H2. The minimum Gasteiger partial charge on any atom is -0.396 e. The highest BCUT2D eigenvalue weighted by Crippen LogP contribution is 1.70. The minimum atomic E-state index is 0.282. The maximum Gasteiger partial charge on any atom is 0.0465 e. The first-order valence-corrected chi connectivity index (χ1v) is 3.38. The van der Waals surface area contributed by atoms with Crippen LogP contribution in [0.25, 0.3) is 0 Å². The molecule has 0 radical (unpaired) electrons. The molecule has 0 aliphatic carbocycles. The molecule has 0 heterocycles. The quantitative estimate of drug-likeness (QED) is 0.515. The molecule has 0 aliphatic rings. The van der Waals surface area contributed by atoms with Gasteiger partial charge in [0.25, 0.3) is 0 Å². The molecule has 0 spiro atoms. The molecule has 2 nitrogen and oxygen atoms in total. The average Bonchev–Trinajstić information content (AvgIpc) is 1.65. The van der Waals surface area contributed by atoms with Crippen molar-refractivity contribution in [1.82, 2.24) is 4.90 Å². The molecule has 0 aromatic heterocycles. The Hall–Kier alpha value is 0.350. The summed E-state index contributed by atoms with van der Waals surface area (Å²) in [6.07, 6.45) is 0.792. The van der Waals surface area contributed by atoms with Crippen LogP contribution in [0.5, 0.6) is 0 Å². The van der Waals surface area contributed by atoms with Gasteiger partial charge in [-0.2, -0.15) is 0 Å². The SMILES string of the molecule is CN(C)C.OCCP. The van der Waals surface area contributed by atoms with Gasteiger partial charge in [0, 0.05) is 6.61 Å². The van der Waals surface area contributed by atoms with Gasteiger partial charge < -0.3 is 10.0 Å². The lowest BCUT2D eigenvalue weighted by atomic mass is 10.9.